The van der Waals surface area contributed by atoms with Crippen LogP contribution in [0.1, 0.15) is 17.2 Å². The molecule has 3 aromatic rings. The Balaban J connectivity index is 1.72. The molecule has 0 spiro atoms. The van der Waals surface area contributed by atoms with E-state index in [1.54, 1.807) is 6.07 Å². The lowest BCUT2D eigenvalue weighted by atomic mass is 10.0. The number of benzene rings is 1. The van der Waals surface area contributed by atoms with Gasteiger partial charge in [0.05, 0.1) is 22.3 Å². The molecule has 1 aromatic carbocycles. The molecular weight excluding hydrogens is 433 g/mol. The maximum Gasteiger partial charge on any atom is 0.493 e. The first kappa shape index (κ1) is 21.0. The predicted molar refractivity (Wildman–Crippen MR) is 104 cm³/mol. The summed E-state index contributed by atoms with van der Waals surface area (Å²) < 4.78 is 38.5. The van der Waals surface area contributed by atoms with Gasteiger partial charge < -0.3 is 9.82 Å². The highest BCUT2D eigenvalue weighted by Gasteiger charge is 2.45. The van der Waals surface area contributed by atoms with Crippen molar-refractivity contribution in [1.82, 2.24) is 9.97 Å². The fourth-order valence-electron chi connectivity index (χ4n) is 3.42. The minimum Gasteiger partial charge on any atom is -0.332 e. The molecule has 9 nitrogen and oxygen atoms in total. The van der Waals surface area contributed by atoms with E-state index in [2.05, 4.69) is 14.8 Å². The number of aromatic nitrogens is 2. The minimum atomic E-state index is -5.23. The number of pyridine rings is 2. The molecule has 0 fully saturated rings. The number of anilines is 1. The number of carbonyl (C=O) groups is 1. The number of nitrogens with zero attached hydrogens (tertiary/aromatic N) is 3. The highest BCUT2D eigenvalue weighted by molar-refractivity contribution is 5.77. The number of hydrogen-bond acceptors (Lipinski definition) is 7. The maximum atomic E-state index is 12.8. The van der Waals surface area contributed by atoms with Gasteiger partial charge in [0.15, 0.2) is 0 Å². The molecule has 1 unspecified atom stereocenters. The van der Waals surface area contributed by atoms with E-state index >= 15 is 0 Å². The second kappa shape index (κ2) is 7.80. The first-order valence-electron chi connectivity index (χ1n) is 9.15. The molecule has 32 heavy (non-hydrogen) atoms. The molecule has 1 aliphatic rings. The summed E-state index contributed by atoms with van der Waals surface area (Å²) in [6, 6.07) is 9.07. The standard InChI is InChI=1S/C20H13F3N4O5/c21-20(22,23)19(29)32-26-16-6-8-25-18(28)14(16)10-17(26)12-5-7-24-15(9-12)11-1-3-13(4-2-11)27(30)31/h1-9,17H,10H2,(H,25,28). The smallest absolute Gasteiger partial charge is 0.332 e. The van der Waals surface area contributed by atoms with Crippen LogP contribution in [0.3, 0.4) is 0 Å². The normalized spacial score (nSPS) is 15.3. The fraction of sp³-hybridized carbons (Fsp3) is 0.150. The maximum absolute atomic E-state index is 12.8. The average molecular weight is 446 g/mol. The number of hydrogen-bond donors (Lipinski definition) is 1. The van der Waals surface area contributed by atoms with Gasteiger partial charge in [0.1, 0.15) is 0 Å². The zero-order valence-electron chi connectivity index (χ0n) is 16.0. The molecule has 0 saturated heterocycles. The number of non-ortho nitro benzene ring substituents is 1. The van der Waals surface area contributed by atoms with E-state index in [4.69, 9.17) is 0 Å². The van der Waals surface area contributed by atoms with Crippen molar-refractivity contribution in [2.24, 2.45) is 0 Å². The minimum absolute atomic E-state index is 0.0135. The van der Waals surface area contributed by atoms with Gasteiger partial charge in [0.2, 0.25) is 0 Å². The van der Waals surface area contributed by atoms with Crippen LogP contribution >= 0.6 is 0 Å². The van der Waals surface area contributed by atoms with E-state index < -0.39 is 28.7 Å². The van der Waals surface area contributed by atoms with Crippen LogP contribution in [0.4, 0.5) is 24.5 Å². The number of rotatable bonds is 4. The number of hydroxylamine groups is 1. The average Bonchev–Trinajstić information content (AvgIpc) is 3.13. The van der Waals surface area contributed by atoms with Gasteiger partial charge in [0, 0.05) is 42.1 Å². The van der Waals surface area contributed by atoms with Gasteiger partial charge in [-0.1, -0.05) is 0 Å². The third-order valence-electron chi connectivity index (χ3n) is 4.91. The summed E-state index contributed by atoms with van der Waals surface area (Å²) >= 11 is 0. The highest BCUT2D eigenvalue weighted by atomic mass is 19.4. The van der Waals surface area contributed by atoms with Crippen LogP contribution in [0.2, 0.25) is 0 Å². The van der Waals surface area contributed by atoms with E-state index in [1.807, 2.05) is 0 Å². The van der Waals surface area contributed by atoms with E-state index in [1.165, 1.54) is 48.8 Å². The summed E-state index contributed by atoms with van der Waals surface area (Å²) in [7, 11) is 0. The zero-order valence-corrected chi connectivity index (χ0v) is 16.0. The monoisotopic (exact) mass is 446 g/mol. The van der Waals surface area contributed by atoms with Crippen LogP contribution in [0, 0.1) is 10.1 Å². The van der Waals surface area contributed by atoms with Gasteiger partial charge in [-0.25, -0.2) is 4.79 Å². The number of fused-ring (bicyclic) bond motifs is 1. The first-order chi connectivity index (χ1) is 15.1. The van der Waals surface area contributed by atoms with E-state index in [-0.39, 0.29) is 23.4 Å². The predicted octanol–water partition coefficient (Wildman–Crippen LogP) is 3.47. The summed E-state index contributed by atoms with van der Waals surface area (Å²) in [5.41, 5.74) is 0.947. The lowest BCUT2D eigenvalue weighted by Crippen LogP contribution is -2.35. The number of nitro benzene ring substituents is 1. The Morgan fingerprint density at radius 1 is 1.22 bits per heavy atom. The molecular formula is C20H13F3N4O5. The molecule has 164 valence electrons. The van der Waals surface area contributed by atoms with Crippen molar-refractivity contribution in [3.05, 3.63) is 86.5 Å². The number of nitrogens with one attached hydrogen (secondary N) is 1. The van der Waals surface area contributed by atoms with E-state index in [0.29, 0.717) is 16.8 Å². The Labute approximate surface area is 177 Å². The Hall–Kier alpha value is -4.22. The fourth-order valence-corrected chi connectivity index (χ4v) is 3.42. The molecule has 2 aromatic heterocycles. The molecule has 0 aliphatic carbocycles. The number of nitro groups is 1. The van der Waals surface area contributed by atoms with Crippen molar-refractivity contribution in [3.8, 4) is 11.3 Å². The molecule has 1 N–H and O–H groups in total. The second-order valence-corrected chi connectivity index (χ2v) is 6.87. The van der Waals surface area contributed by atoms with Gasteiger partial charge in [-0.2, -0.15) is 18.2 Å². The van der Waals surface area contributed by atoms with Crippen molar-refractivity contribution in [2.45, 2.75) is 18.6 Å². The Morgan fingerprint density at radius 3 is 2.59 bits per heavy atom. The quantitative estimate of drug-likeness (QED) is 0.482. The Bertz CT molecular complexity index is 1260. The van der Waals surface area contributed by atoms with Crippen LogP contribution in [-0.2, 0) is 16.1 Å². The van der Waals surface area contributed by atoms with Crippen molar-refractivity contribution < 1.29 is 27.7 Å². The second-order valence-electron chi connectivity index (χ2n) is 6.87. The summed E-state index contributed by atoms with van der Waals surface area (Å²) in [6.45, 7) is 0. The third kappa shape index (κ3) is 3.89. The number of aromatic amines is 1. The molecule has 3 heterocycles. The summed E-state index contributed by atoms with van der Waals surface area (Å²) in [5.74, 6) is -2.42. The molecule has 4 rings (SSSR count). The van der Waals surface area contributed by atoms with E-state index in [0.717, 1.165) is 5.06 Å². The SMILES string of the molecule is O=C(ON1c2cc[nH]c(=O)c2CC1c1ccnc(-c2ccc([N+](=O)[O-])cc2)c1)C(F)(F)F. The van der Waals surface area contributed by atoms with Gasteiger partial charge in [-0.15, -0.1) is 0 Å². The molecule has 0 bridgehead atoms. The van der Waals surface area contributed by atoms with Crippen LogP contribution in [0.15, 0.2) is 59.7 Å². The summed E-state index contributed by atoms with van der Waals surface area (Å²) in [6.07, 6.45) is -2.59. The Kier molecular flexibility index (Phi) is 5.12. The van der Waals surface area contributed by atoms with Crippen LogP contribution in [0.5, 0.6) is 0 Å². The Morgan fingerprint density at radius 2 is 1.94 bits per heavy atom. The number of alkyl halides is 3. The topological polar surface area (TPSA) is 118 Å². The van der Waals surface area contributed by atoms with Crippen LogP contribution in [-0.4, -0.2) is 27.0 Å². The number of H-pyrrole nitrogens is 1. The highest BCUT2D eigenvalue weighted by Crippen LogP contribution is 2.40. The van der Waals surface area contributed by atoms with E-state index in [9.17, 15) is 32.9 Å². The third-order valence-corrected chi connectivity index (χ3v) is 4.91. The van der Waals surface area contributed by atoms with Gasteiger partial charge in [0.25, 0.3) is 11.2 Å². The van der Waals surface area contributed by atoms with Crippen molar-refractivity contribution in [3.63, 3.8) is 0 Å². The molecule has 1 aliphatic heterocycles. The molecule has 12 heteroatoms. The largest absolute Gasteiger partial charge is 0.493 e. The van der Waals surface area contributed by atoms with Crippen LogP contribution in [0.25, 0.3) is 11.3 Å². The van der Waals surface area contributed by atoms with Crippen molar-refractivity contribution >= 4 is 17.3 Å². The number of halogens is 3. The molecule has 0 saturated carbocycles. The molecule has 0 amide bonds. The van der Waals surface area contributed by atoms with Crippen LogP contribution < -0.4 is 10.6 Å². The van der Waals surface area contributed by atoms with Gasteiger partial charge in [-0.3, -0.25) is 19.9 Å². The van der Waals surface area contributed by atoms with Crippen molar-refractivity contribution in [1.29, 1.82) is 0 Å². The van der Waals surface area contributed by atoms with Gasteiger partial charge in [-0.05, 0) is 35.9 Å². The first-order valence-corrected chi connectivity index (χ1v) is 9.15. The summed E-state index contributed by atoms with van der Waals surface area (Å²) in [5, 5.41) is 11.6. The lowest BCUT2D eigenvalue weighted by Gasteiger charge is -2.26. The van der Waals surface area contributed by atoms with Gasteiger partial charge >= 0.3 is 12.1 Å². The van der Waals surface area contributed by atoms with Crippen molar-refractivity contribution in [2.75, 3.05) is 5.06 Å². The summed E-state index contributed by atoms with van der Waals surface area (Å²) in [4.78, 5) is 45.3. The molecule has 1 atom stereocenters. The molecule has 0 radical (unpaired) electrons. The number of carbonyl (C=O) groups excluding carboxylic acids is 1. The lowest BCUT2D eigenvalue weighted by molar-refractivity contribution is -0.384. The zero-order chi connectivity index (χ0) is 23.0.